The number of piperidine rings is 1. The average molecular weight is 494 g/mol. The van der Waals surface area contributed by atoms with Crippen LogP contribution in [0.1, 0.15) is 30.4 Å². The van der Waals surface area contributed by atoms with Crippen molar-refractivity contribution in [3.8, 4) is 39.8 Å². The normalized spacial score (nSPS) is 13.2. The van der Waals surface area contributed by atoms with E-state index in [2.05, 4.69) is 11.0 Å². The molecule has 0 amide bonds. The summed E-state index contributed by atoms with van der Waals surface area (Å²) in [7, 11) is 1.61. The molecule has 0 radical (unpaired) electrons. The average Bonchev–Trinajstić information content (AvgIpc) is 2.96. The standard InChI is InChI=1S/C31H28FN3O2/c1-36-28-15-12-24(18-29(28)37-21-22-8-4-2-5-9-22)27-20-34-31(35-16-6-3-7-17-35)26(19-33)30(27)23-10-13-25(32)14-11-23/h2,4-5,8-15,18,20H,3,6-7,16-17,21H2,1H3. The number of hydrogen-bond donors (Lipinski definition) is 0. The second-order valence-electron chi connectivity index (χ2n) is 9.05. The molecule has 0 bridgehead atoms. The summed E-state index contributed by atoms with van der Waals surface area (Å²) in [6.07, 6.45) is 5.13. The smallest absolute Gasteiger partial charge is 0.162 e. The quantitative estimate of drug-likeness (QED) is 0.277. The number of rotatable bonds is 7. The first-order chi connectivity index (χ1) is 18.2. The molecule has 1 aliphatic heterocycles. The number of pyridine rings is 1. The molecule has 1 fully saturated rings. The van der Waals surface area contributed by atoms with Gasteiger partial charge in [0, 0.05) is 30.4 Å². The lowest BCUT2D eigenvalue weighted by molar-refractivity contribution is 0.284. The fraction of sp³-hybridized carbons (Fsp3) is 0.226. The Morgan fingerprint density at radius 2 is 1.65 bits per heavy atom. The van der Waals surface area contributed by atoms with E-state index < -0.39 is 0 Å². The third kappa shape index (κ3) is 5.26. The molecule has 0 saturated carbocycles. The van der Waals surface area contributed by atoms with Gasteiger partial charge in [-0.3, -0.25) is 0 Å². The molecule has 37 heavy (non-hydrogen) atoms. The summed E-state index contributed by atoms with van der Waals surface area (Å²) in [4.78, 5) is 6.96. The van der Waals surface area contributed by atoms with Crippen LogP contribution in [0.5, 0.6) is 11.5 Å². The highest BCUT2D eigenvalue weighted by Crippen LogP contribution is 2.41. The van der Waals surface area contributed by atoms with E-state index in [1.54, 1.807) is 19.2 Å². The van der Waals surface area contributed by atoms with Crippen molar-refractivity contribution < 1.29 is 13.9 Å². The van der Waals surface area contributed by atoms with Gasteiger partial charge >= 0.3 is 0 Å². The maximum atomic E-state index is 13.8. The van der Waals surface area contributed by atoms with Crippen molar-refractivity contribution in [3.05, 3.63) is 95.9 Å². The van der Waals surface area contributed by atoms with Gasteiger partial charge in [0.1, 0.15) is 29.9 Å². The van der Waals surface area contributed by atoms with Crippen molar-refractivity contribution in [1.29, 1.82) is 5.26 Å². The molecular weight excluding hydrogens is 465 g/mol. The van der Waals surface area contributed by atoms with Crippen molar-refractivity contribution in [3.63, 3.8) is 0 Å². The number of nitriles is 1. The van der Waals surface area contributed by atoms with E-state index in [1.807, 2.05) is 54.7 Å². The van der Waals surface area contributed by atoms with Gasteiger partial charge in [0.05, 0.1) is 7.11 Å². The zero-order valence-electron chi connectivity index (χ0n) is 20.8. The molecule has 6 heteroatoms. The molecule has 5 rings (SSSR count). The number of halogens is 1. The van der Waals surface area contributed by atoms with Crippen LogP contribution in [-0.4, -0.2) is 25.2 Å². The highest BCUT2D eigenvalue weighted by Gasteiger charge is 2.23. The van der Waals surface area contributed by atoms with Gasteiger partial charge < -0.3 is 14.4 Å². The molecule has 0 spiro atoms. The predicted octanol–water partition coefficient (Wildman–Crippen LogP) is 7.00. The third-order valence-electron chi connectivity index (χ3n) is 6.67. The lowest BCUT2D eigenvalue weighted by Gasteiger charge is -2.29. The van der Waals surface area contributed by atoms with Crippen LogP contribution in [0.3, 0.4) is 0 Å². The Bertz CT molecular complexity index is 1410. The Labute approximate surface area is 216 Å². The lowest BCUT2D eigenvalue weighted by Crippen LogP contribution is -2.31. The molecule has 1 aliphatic rings. The van der Waals surface area contributed by atoms with Crippen LogP contribution in [0, 0.1) is 17.1 Å². The van der Waals surface area contributed by atoms with E-state index >= 15 is 0 Å². The Kier molecular flexibility index (Phi) is 7.32. The third-order valence-corrected chi connectivity index (χ3v) is 6.67. The first-order valence-corrected chi connectivity index (χ1v) is 12.5. The Balaban J connectivity index is 1.62. The maximum absolute atomic E-state index is 13.8. The van der Waals surface area contributed by atoms with Gasteiger partial charge in [0.2, 0.25) is 0 Å². The van der Waals surface area contributed by atoms with Crippen LogP contribution < -0.4 is 14.4 Å². The molecule has 5 nitrogen and oxygen atoms in total. The highest BCUT2D eigenvalue weighted by molar-refractivity contribution is 5.90. The van der Waals surface area contributed by atoms with Gasteiger partial charge in [-0.05, 0) is 60.2 Å². The van der Waals surface area contributed by atoms with E-state index in [4.69, 9.17) is 14.5 Å². The summed E-state index contributed by atoms with van der Waals surface area (Å²) in [5.74, 6) is 1.56. The summed E-state index contributed by atoms with van der Waals surface area (Å²) in [5.41, 5.74) is 4.64. The lowest BCUT2D eigenvalue weighted by atomic mass is 9.91. The molecule has 1 saturated heterocycles. The maximum Gasteiger partial charge on any atom is 0.162 e. The van der Waals surface area contributed by atoms with Crippen LogP contribution in [0.15, 0.2) is 79.0 Å². The number of methoxy groups -OCH3 is 1. The van der Waals surface area contributed by atoms with Crippen LogP contribution >= 0.6 is 0 Å². The minimum Gasteiger partial charge on any atom is -0.493 e. The minimum absolute atomic E-state index is 0.324. The summed E-state index contributed by atoms with van der Waals surface area (Å²) >= 11 is 0. The summed E-state index contributed by atoms with van der Waals surface area (Å²) in [5, 5.41) is 10.3. The summed E-state index contributed by atoms with van der Waals surface area (Å²) in [6.45, 7) is 2.12. The first kappa shape index (κ1) is 24.3. The summed E-state index contributed by atoms with van der Waals surface area (Å²) < 4.78 is 25.5. The van der Waals surface area contributed by atoms with Crippen molar-refractivity contribution in [2.24, 2.45) is 0 Å². The number of ether oxygens (including phenoxy) is 2. The van der Waals surface area contributed by atoms with E-state index in [9.17, 15) is 9.65 Å². The van der Waals surface area contributed by atoms with Gasteiger partial charge in [-0.2, -0.15) is 5.26 Å². The second kappa shape index (κ2) is 11.1. The predicted molar refractivity (Wildman–Crippen MR) is 143 cm³/mol. The Hall–Kier alpha value is -4.37. The molecule has 186 valence electrons. The molecule has 0 aliphatic carbocycles. The number of nitrogens with zero attached hydrogens (tertiary/aromatic N) is 3. The van der Waals surface area contributed by atoms with Crippen molar-refractivity contribution in [1.82, 2.24) is 4.98 Å². The monoisotopic (exact) mass is 493 g/mol. The molecule has 0 unspecified atom stereocenters. The number of aromatic nitrogens is 1. The first-order valence-electron chi connectivity index (χ1n) is 12.5. The number of anilines is 1. The van der Waals surface area contributed by atoms with Crippen molar-refractivity contribution >= 4 is 5.82 Å². The largest absolute Gasteiger partial charge is 0.493 e. The number of benzene rings is 3. The number of hydrogen-bond acceptors (Lipinski definition) is 5. The molecule has 2 heterocycles. The molecule has 1 aromatic heterocycles. The zero-order chi connectivity index (χ0) is 25.6. The van der Waals surface area contributed by atoms with Crippen LogP contribution in [0.2, 0.25) is 0 Å². The Morgan fingerprint density at radius 1 is 0.919 bits per heavy atom. The SMILES string of the molecule is COc1ccc(-c2cnc(N3CCCCC3)c(C#N)c2-c2ccc(F)cc2)cc1OCc1ccccc1. The van der Waals surface area contributed by atoms with Crippen molar-refractivity contribution in [2.75, 3.05) is 25.1 Å². The van der Waals surface area contributed by atoms with Crippen molar-refractivity contribution in [2.45, 2.75) is 25.9 Å². The van der Waals surface area contributed by atoms with Gasteiger partial charge in [0.25, 0.3) is 0 Å². The van der Waals surface area contributed by atoms with Gasteiger partial charge in [-0.1, -0.05) is 48.5 Å². The minimum atomic E-state index is -0.324. The van der Waals surface area contributed by atoms with E-state index in [0.29, 0.717) is 29.5 Å². The fourth-order valence-electron chi connectivity index (χ4n) is 4.78. The molecule has 3 aromatic carbocycles. The molecular formula is C31H28FN3O2. The van der Waals surface area contributed by atoms with E-state index in [-0.39, 0.29) is 5.82 Å². The van der Waals surface area contributed by atoms with E-state index in [0.717, 1.165) is 53.7 Å². The molecule has 0 atom stereocenters. The van der Waals surface area contributed by atoms with Gasteiger partial charge in [0.15, 0.2) is 11.5 Å². The second-order valence-corrected chi connectivity index (χ2v) is 9.05. The summed E-state index contributed by atoms with van der Waals surface area (Å²) in [6, 6.07) is 24.3. The zero-order valence-corrected chi connectivity index (χ0v) is 20.8. The van der Waals surface area contributed by atoms with Crippen LogP contribution in [0.4, 0.5) is 10.2 Å². The molecule has 0 N–H and O–H groups in total. The van der Waals surface area contributed by atoms with Gasteiger partial charge in [-0.15, -0.1) is 0 Å². The van der Waals surface area contributed by atoms with Crippen LogP contribution in [-0.2, 0) is 6.61 Å². The Morgan fingerprint density at radius 3 is 2.35 bits per heavy atom. The fourth-order valence-corrected chi connectivity index (χ4v) is 4.78. The van der Waals surface area contributed by atoms with Crippen LogP contribution in [0.25, 0.3) is 22.3 Å². The van der Waals surface area contributed by atoms with Gasteiger partial charge in [-0.25, -0.2) is 9.37 Å². The van der Waals surface area contributed by atoms with E-state index in [1.165, 1.54) is 18.6 Å². The highest BCUT2D eigenvalue weighted by atomic mass is 19.1. The molecule has 4 aromatic rings. The topological polar surface area (TPSA) is 58.4 Å².